The van der Waals surface area contributed by atoms with E-state index in [2.05, 4.69) is 15.3 Å². The Balaban J connectivity index is 2.36. The Bertz CT molecular complexity index is 562. The fourth-order valence-electron chi connectivity index (χ4n) is 1.82. The molecule has 2 aromatic rings. The van der Waals surface area contributed by atoms with Gasteiger partial charge in [-0.1, -0.05) is 30.3 Å². The highest BCUT2D eigenvalue weighted by Crippen LogP contribution is 2.26. The zero-order valence-electron chi connectivity index (χ0n) is 10.9. The van der Waals surface area contributed by atoms with Gasteiger partial charge in [0.15, 0.2) is 11.6 Å². The number of benzene rings is 1. The molecule has 0 bridgehead atoms. The number of nitrogens with one attached hydrogen (secondary N) is 1. The largest absolute Gasteiger partial charge is 0.394 e. The van der Waals surface area contributed by atoms with Gasteiger partial charge in [-0.15, -0.1) is 0 Å². The van der Waals surface area contributed by atoms with Crippen LogP contribution in [0.25, 0.3) is 0 Å². The number of hydrogen-bond acceptors (Lipinski definition) is 4. The molecule has 1 atom stereocenters. The number of rotatable bonds is 4. The van der Waals surface area contributed by atoms with E-state index in [1.165, 1.54) is 6.33 Å². The van der Waals surface area contributed by atoms with E-state index in [0.29, 0.717) is 0 Å². The summed E-state index contributed by atoms with van der Waals surface area (Å²) in [5.41, 5.74) is 0.321. The second-order valence-corrected chi connectivity index (χ2v) is 4.60. The highest BCUT2D eigenvalue weighted by molar-refractivity contribution is 5.43. The Labute approximate surface area is 111 Å². The molecule has 4 nitrogen and oxygen atoms in total. The molecule has 0 fully saturated rings. The lowest BCUT2D eigenvalue weighted by Crippen LogP contribution is -2.36. The summed E-state index contributed by atoms with van der Waals surface area (Å²) in [5.74, 6) is -0.411. The van der Waals surface area contributed by atoms with Crippen molar-refractivity contribution >= 4 is 5.82 Å². The molecule has 0 aliphatic carbocycles. The maximum Gasteiger partial charge on any atom is 0.186 e. The summed E-state index contributed by atoms with van der Waals surface area (Å²) in [6.45, 7) is 3.18. The van der Waals surface area contributed by atoms with Crippen molar-refractivity contribution in [2.45, 2.75) is 19.4 Å². The van der Waals surface area contributed by atoms with Gasteiger partial charge >= 0.3 is 0 Å². The zero-order valence-corrected chi connectivity index (χ0v) is 10.9. The molecule has 2 rings (SSSR count). The van der Waals surface area contributed by atoms with Crippen LogP contribution in [0, 0.1) is 12.7 Å². The molecule has 1 heterocycles. The molecule has 1 unspecified atom stereocenters. The van der Waals surface area contributed by atoms with Crippen molar-refractivity contribution < 1.29 is 9.50 Å². The van der Waals surface area contributed by atoms with E-state index in [9.17, 15) is 9.50 Å². The Morgan fingerprint density at radius 1 is 1.26 bits per heavy atom. The number of anilines is 1. The van der Waals surface area contributed by atoms with Gasteiger partial charge in [0.05, 0.1) is 17.8 Å². The van der Waals surface area contributed by atoms with E-state index in [1.54, 1.807) is 13.8 Å². The Hall–Kier alpha value is -2.01. The number of aliphatic hydroxyl groups excluding tert-OH is 1. The summed E-state index contributed by atoms with van der Waals surface area (Å²) in [7, 11) is 0. The van der Waals surface area contributed by atoms with Crippen LogP contribution in [-0.2, 0) is 5.54 Å². The van der Waals surface area contributed by atoms with Gasteiger partial charge < -0.3 is 10.4 Å². The highest BCUT2D eigenvalue weighted by Gasteiger charge is 2.27. The monoisotopic (exact) mass is 261 g/mol. The van der Waals surface area contributed by atoms with Gasteiger partial charge in [-0.25, -0.2) is 14.4 Å². The van der Waals surface area contributed by atoms with Crippen LogP contribution in [-0.4, -0.2) is 21.7 Å². The van der Waals surface area contributed by atoms with Crippen molar-refractivity contribution in [1.29, 1.82) is 0 Å². The average Bonchev–Trinajstić information content (AvgIpc) is 2.45. The lowest BCUT2D eigenvalue weighted by atomic mass is 9.93. The fraction of sp³-hybridized carbons (Fsp3) is 0.286. The number of nitrogens with zero attached hydrogens (tertiary/aromatic N) is 2. The standard InChI is InChI=1S/C14H16FN3O/c1-10-12(15)13(17-9-16-10)18-14(2,8-19)11-6-4-3-5-7-11/h3-7,9,19H,8H2,1-2H3,(H,16,17,18). The maximum atomic E-state index is 13.9. The van der Waals surface area contributed by atoms with Crippen molar-refractivity contribution in [3.63, 3.8) is 0 Å². The van der Waals surface area contributed by atoms with Crippen LogP contribution in [0.15, 0.2) is 36.7 Å². The van der Waals surface area contributed by atoms with Gasteiger partial charge in [-0.2, -0.15) is 0 Å². The summed E-state index contributed by atoms with van der Waals surface area (Å²) in [6, 6.07) is 9.36. The van der Waals surface area contributed by atoms with Gasteiger partial charge in [0, 0.05) is 0 Å². The topological polar surface area (TPSA) is 58.0 Å². The lowest BCUT2D eigenvalue weighted by molar-refractivity contribution is 0.223. The van der Waals surface area contributed by atoms with E-state index in [-0.39, 0.29) is 18.1 Å². The molecule has 0 saturated carbocycles. The second-order valence-electron chi connectivity index (χ2n) is 4.60. The van der Waals surface area contributed by atoms with Crippen LogP contribution < -0.4 is 5.32 Å². The summed E-state index contributed by atoms with van der Waals surface area (Å²) < 4.78 is 13.9. The Morgan fingerprint density at radius 2 is 1.95 bits per heavy atom. The Morgan fingerprint density at radius 3 is 2.58 bits per heavy atom. The van der Waals surface area contributed by atoms with Gasteiger partial charge in [-0.3, -0.25) is 0 Å². The molecule has 1 aromatic heterocycles. The second kappa shape index (κ2) is 5.32. The van der Waals surface area contributed by atoms with Crippen LogP contribution >= 0.6 is 0 Å². The number of hydrogen-bond donors (Lipinski definition) is 2. The summed E-state index contributed by atoms with van der Waals surface area (Å²) in [5, 5.41) is 12.6. The summed E-state index contributed by atoms with van der Waals surface area (Å²) >= 11 is 0. The van der Waals surface area contributed by atoms with E-state index in [1.807, 2.05) is 30.3 Å². The van der Waals surface area contributed by atoms with Gasteiger partial charge in [0.2, 0.25) is 0 Å². The molecule has 0 aliphatic heterocycles. The minimum absolute atomic E-state index is 0.0907. The molecule has 0 spiro atoms. The molecule has 1 aromatic carbocycles. The minimum Gasteiger partial charge on any atom is -0.394 e. The predicted octanol–water partition coefficient (Wildman–Crippen LogP) is 2.24. The molecule has 0 saturated heterocycles. The fourth-order valence-corrected chi connectivity index (χ4v) is 1.82. The van der Waals surface area contributed by atoms with Crippen molar-refractivity contribution in [2.75, 3.05) is 11.9 Å². The van der Waals surface area contributed by atoms with Crippen LogP contribution in [0.2, 0.25) is 0 Å². The van der Waals surface area contributed by atoms with Crippen LogP contribution in [0.4, 0.5) is 10.2 Å². The third-order valence-electron chi connectivity index (χ3n) is 3.09. The normalized spacial score (nSPS) is 13.9. The van der Waals surface area contributed by atoms with E-state index < -0.39 is 11.4 Å². The molecular weight excluding hydrogens is 245 g/mol. The number of aryl methyl sites for hydroxylation is 1. The zero-order chi connectivity index (χ0) is 13.9. The molecule has 0 radical (unpaired) electrons. The highest BCUT2D eigenvalue weighted by atomic mass is 19.1. The first-order valence-electron chi connectivity index (χ1n) is 5.98. The third-order valence-corrected chi connectivity index (χ3v) is 3.09. The molecule has 0 amide bonds. The first-order valence-corrected chi connectivity index (χ1v) is 5.98. The van der Waals surface area contributed by atoms with Crippen LogP contribution in [0.1, 0.15) is 18.2 Å². The first-order chi connectivity index (χ1) is 9.07. The maximum absolute atomic E-state index is 13.9. The van der Waals surface area contributed by atoms with Gasteiger partial charge in [0.25, 0.3) is 0 Å². The van der Waals surface area contributed by atoms with Crippen molar-refractivity contribution in [3.8, 4) is 0 Å². The number of aliphatic hydroxyl groups is 1. The summed E-state index contributed by atoms with van der Waals surface area (Å²) in [6.07, 6.45) is 1.30. The molecular formula is C14H16FN3O. The van der Waals surface area contributed by atoms with Crippen molar-refractivity contribution in [2.24, 2.45) is 0 Å². The van der Waals surface area contributed by atoms with Crippen LogP contribution in [0.5, 0.6) is 0 Å². The lowest BCUT2D eigenvalue weighted by Gasteiger charge is -2.30. The minimum atomic E-state index is -0.803. The van der Waals surface area contributed by atoms with E-state index >= 15 is 0 Å². The van der Waals surface area contributed by atoms with Gasteiger partial charge in [0.1, 0.15) is 6.33 Å². The SMILES string of the molecule is Cc1ncnc(NC(C)(CO)c2ccccc2)c1F. The van der Waals surface area contributed by atoms with Crippen LogP contribution in [0.3, 0.4) is 0 Å². The Kier molecular flexibility index (Phi) is 3.76. The first kappa shape index (κ1) is 13.4. The van der Waals surface area contributed by atoms with E-state index in [4.69, 9.17) is 0 Å². The average molecular weight is 261 g/mol. The molecule has 0 aliphatic rings. The molecule has 5 heteroatoms. The third kappa shape index (κ3) is 2.71. The predicted molar refractivity (Wildman–Crippen MR) is 71.2 cm³/mol. The number of aromatic nitrogens is 2. The van der Waals surface area contributed by atoms with E-state index in [0.717, 1.165) is 5.56 Å². The van der Waals surface area contributed by atoms with Crippen molar-refractivity contribution in [1.82, 2.24) is 9.97 Å². The number of halogens is 1. The molecule has 2 N–H and O–H groups in total. The summed E-state index contributed by atoms with van der Waals surface area (Å²) in [4.78, 5) is 7.67. The quantitative estimate of drug-likeness (QED) is 0.886. The molecule has 100 valence electrons. The van der Waals surface area contributed by atoms with Gasteiger partial charge in [-0.05, 0) is 19.4 Å². The molecule has 19 heavy (non-hydrogen) atoms. The van der Waals surface area contributed by atoms with Crippen molar-refractivity contribution in [3.05, 3.63) is 53.7 Å². The smallest absolute Gasteiger partial charge is 0.186 e.